The topological polar surface area (TPSA) is 74.2 Å². The summed E-state index contributed by atoms with van der Waals surface area (Å²) in [6, 6.07) is 7.17. The molecule has 0 saturated carbocycles. The largest absolute Gasteiger partial charge is 0.382 e. The van der Waals surface area contributed by atoms with E-state index in [2.05, 4.69) is 15.6 Å². The zero-order chi connectivity index (χ0) is 19.6. The molecule has 144 valence electrons. The number of pyridine rings is 1. The summed E-state index contributed by atoms with van der Waals surface area (Å²) in [6.07, 6.45) is 2.67. The number of nitrogens with zero attached hydrogens (tertiary/aromatic N) is 1. The Bertz CT molecular complexity index is 836. The summed E-state index contributed by atoms with van der Waals surface area (Å²) in [5, 5.41) is 18.0. The fourth-order valence-electron chi connectivity index (χ4n) is 3.74. The van der Waals surface area contributed by atoms with E-state index in [1.165, 1.54) is 0 Å². The van der Waals surface area contributed by atoms with Gasteiger partial charge < -0.3 is 15.7 Å². The molecule has 1 aromatic heterocycles. The van der Waals surface area contributed by atoms with E-state index in [-0.39, 0.29) is 11.8 Å². The molecule has 1 aliphatic carbocycles. The maximum absolute atomic E-state index is 12.9. The number of halogens is 2. The number of amides is 1. The van der Waals surface area contributed by atoms with Crippen LogP contribution in [-0.4, -0.2) is 29.6 Å². The molecule has 2 atom stereocenters. The molecule has 27 heavy (non-hydrogen) atoms. The second-order valence-corrected chi connectivity index (χ2v) is 7.84. The van der Waals surface area contributed by atoms with Crippen molar-refractivity contribution < 1.29 is 9.90 Å². The molecule has 0 fully saturated rings. The second kappa shape index (κ2) is 8.15. The number of aryl methyl sites for hydroxylation is 1. The molecular formula is C20H23Cl2N3O2. The molecule has 0 radical (unpaired) electrons. The predicted octanol–water partition coefficient (Wildman–Crippen LogP) is 3.30. The zero-order valence-electron chi connectivity index (χ0n) is 15.4. The molecule has 0 saturated heterocycles. The van der Waals surface area contributed by atoms with E-state index in [9.17, 15) is 9.90 Å². The fraction of sp³-hybridized carbons (Fsp3) is 0.400. The Hall–Kier alpha value is -1.66. The Balaban J connectivity index is 1.80. The highest BCUT2D eigenvalue weighted by molar-refractivity contribution is 6.35. The second-order valence-electron chi connectivity index (χ2n) is 7.00. The van der Waals surface area contributed by atoms with Crippen molar-refractivity contribution in [3.05, 3.63) is 62.9 Å². The molecule has 1 heterocycles. The summed E-state index contributed by atoms with van der Waals surface area (Å²) in [4.78, 5) is 17.3. The van der Waals surface area contributed by atoms with Gasteiger partial charge in [0.25, 0.3) is 0 Å². The van der Waals surface area contributed by atoms with Gasteiger partial charge in [-0.1, -0.05) is 29.3 Å². The quantitative estimate of drug-likeness (QED) is 0.710. The number of fused-ring (bicyclic) bond motifs is 1. The summed E-state index contributed by atoms with van der Waals surface area (Å²) in [6.45, 7) is 2.63. The van der Waals surface area contributed by atoms with E-state index in [1.807, 2.05) is 19.1 Å². The monoisotopic (exact) mass is 407 g/mol. The van der Waals surface area contributed by atoms with Crippen molar-refractivity contribution in [3.63, 3.8) is 0 Å². The van der Waals surface area contributed by atoms with E-state index in [0.29, 0.717) is 41.7 Å². The highest BCUT2D eigenvalue weighted by atomic mass is 35.5. The van der Waals surface area contributed by atoms with Gasteiger partial charge in [-0.05, 0) is 61.7 Å². The van der Waals surface area contributed by atoms with Crippen LogP contribution in [0.1, 0.15) is 41.1 Å². The number of hydrogen-bond donors (Lipinski definition) is 3. The Labute approximate surface area is 169 Å². The lowest BCUT2D eigenvalue weighted by atomic mass is 9.76. The third kappa shape index (κ3) is 4.11. The van der Waals surface area contributed by atoms with Crippen LogP contribution < -0.4 is 10.6 Å². The van der Waals surface area contributed by atoms with E-state index in [4.69, 9.17) is 23.2 Å². The molecule has 0 aliphatic heterocycles. The number of hydrogen-bond acceptors (Lipinski definition) is 4. The third-order valence-electron chi connectivity index (χ3n) is 5.11. The molecule has 5 nitrogen and oxygen atoms in total. The molecule has 3 rings (SSSR count). The van der Waals surface area contributed by atoms with Gasteiger partial charge in [-0.2, -0.15) is 0 Å². The van der Waals surface area contributed by atoms with Crippen LogP contribution in [0.3, 0.4) is 0 Å². The molecule has 1 aromatic carbocycles. The summed E-state index contributed by atoms with van der Waals surface area (Å²) in [5.41, 5.74) is 2.08. The summed E-state index contributed by atoms with van der Waals surface area (Å²) in [5.74, 6) is -0.446. The number of aliphatic hydroxyl groups is 1. The van der Waals surface area contributed by atoms with Crippen molar-refractivity contribution in [1.29, 1.82) is 0 Å². The van der Waals surface area contributed by atoms with Gasteiger partial charge in [0.05, 0.1) is 11.6 Å². The molecule has 2 aromatic rings. The van der Waals surface area contributed by atoms with E-state index >= 15 is 0 Å². The van der Waals surface area contributed by atoms with Crippen LogP contribution in [0.2, 0.25) is 10.0 Å². The van der Waals surface area contributed by atoms with Crippen LogP contribution in [0, 0.1) is 6.92 Å². The normalized spacial score (nSPS) is 21.6. The number of benzene rings is 1. The first-order chi connectivity index (χ1) is 12.9. The summed E-state index contributed by atoms with van der Waals surface area (Å²) < 4.78 is 0. The van der Waals surface area contributed by atoms with Gasteiger partial charge in [0, 0.05) is 29.3 Å². The number of carbonyl (C=O) groups excluding carboxylic acids is 1. The van der Waals surface area contributed by atoms with Crippen LogP contribution in [0.5, 0.6) is 0 Å². The SMILES string of the molecule is CNCC1(O)CCC(C(=O)NCc2c(C)cc(Cl)cc2Cl)c2cccnc21. The first kappa shape index (κ1) is 20.1. The average Bonchev–Trinajstić information content (AvgIpc) is 2.61. The van der Waals surface area contributed by atoms with Crippen LogP contribution in [0.4, 0.5) is 0 Å². The van der Waals surface area contributed by atoms with Crippen LogP contribution in [0.15, 0.2) is 30.5 Å². The fourth-order valence-corrected chi connectivity index (χ4v) is 4.40. The zero-order valence-corrected chi connectivity index (χ0v) is 16.9. The minimum Gasteiger partial charge on any atom is -0.382 e. The Kier molecular flexibility index (Phi) is 6.06. The maximum atomic E-state index is 12.9. The van der Waals surface area contributed by atoms with Gasteiger partial charge in [-0.15, -0.1) is 0 Å². The lowest BCUT2D eigenvalue weighted by molar-refractivity contribution is -0.123. The molecule has 1 amide bonds. The van der Waals surface area contributed by atoms with Crippen molar-refractivity contribution >= 4 is 29.1 Å². The molecule has 2 unspecified atom stereocenters. The highest BCUT2D eigenvalue weighted by Crippen LogP contribution is 2.40. The average molecular weight is 408 g/mol. The first-order valence-corrected chi connectivity index (χ1v) is 9.66. The first-order valence-electron chi connectivity index (χ1n) is 8.90. The minimum absolute atomic E-state index is 0.0961. The third-order valence-corrected chi connectivity index (χ3v) is 5.67. The van der Waals surface area contributed by atoms with E-state index in [0.717, 1.165) is 16.7 Å². The number of carbonyl (C=O) groups is 1. The van der Waals surface area contributed by atoms with Crippen molar-refractivity contribution in [2.45, 2.75) is 37.8 Å². The summed E-state index contributed by atoms with van der Waals surface area (Å²) >= 11 is 12.3. The van der Waals surface area contributed by atoms with E-state index in [1.54, 1.807) is 25.4 Å². The Morgan fingerprint density at radius 1 is 1.41 bits per heavy atom. The smallest absolute Gasteiger partial charge is 0.227 e. The Morgan fingerprint density at radius 3 is 2.89 bits per heavy atom. The molecule has 0 bridgehead atoms. The van der Waals surface area contributed by atoms with Crippen LogP contribution >= 0.6 is 23.2 Å². The van der Waals surface area contributed by atoms with Gasteiger partial charge in [0.2, 0.25) is 5.91 Å². The Morgan fingerprint density at radius 2 is 2.19 bits per heavy atom. The molecular weight excluding hydrogens is 385 g/mol. The molecule has 1 aliphatic rings. The number of likely N-dealkylation sites (N-methyl/N-ethyl adjacent to an activating group) is 1. The van der Waals surface area contributed by atoms with Gasteiger partial charge in [-0.3, -0.25) is 9.78 Å². The molecule has 0 spiro atoms. The van der Waals surface area contributed by atoms with Gasteiger partial charge in [0.15, 0.2) is 0 Å². The van der Waals surface area contributed by atoms with Crippen molar-refractivity contribution in [2.24, 2.45) is 0 Å². The lowest BCUT2D eigenvalue weighted by Gasteiger charge is -2.36. The van der Waals surface area contributed by atoms with Gasteiger partial charge >= 0.3 is 0 Å². The van der Waals surface area contributed by atoms with Gasteiger partial charge in [0.1, 0.15) is 5.60 Å². The predicted molar refractivity (Wildman–Crippen MR) is 107 cm³/mol. The molecule has 7 heteroatoms. The van der Waals surface area contributed by atoms with Crippen LogP contribution in [-0.2, 0) is 16.9 Å². The highest BCUT2D eigenvalue weighted by Gasteiger charge is 2.41. The van der Waals surface area contributed by atoms with Gasteiger partial charge in [-0.25, -0.2) is 0 Å². The standard InChI is InChI=1S/C20H23Cl2N3O2/c1-12-8-13(21)9-17(22)16(12)10-25-19(26)15-5-6-20(27,11-23-2)18-14(15)4-3-7-24-18/h3-4,7-9,15,23,27H,5-6,10-11H2,1-2H3,(H,25,26). The summed E-state index contributed by atoms with van der Waals surface area (Å²) in [7, 11) is 1.79. The molecule has 3 N–H and O–H groups in total. The van der Waals surface area contributed by atoms with Crippen molar-refractivity contribution in [3.8, 4) is 0 Å². The van der Waals surface area contributed by atoms with E-state index < -0.39 is 5.60 Å². The maximum Gasteiger partial charge on any atom is 0.227 e. The number of nitrogens with one attached hydrogen (secondary N) is 2. The van der Waals surface area contributed by atoms with Crippen LogP contribution in [0.25, 0.3) is 0 Å². The lowest BCUT2D eigenvalue weighted by Crippen LogP contribution is -2.43. The number of rotatable bonds is 5. The minimum atomic E-state index is -1.06. The van der Waals surface area contributed by atoms with Crippen molar-refractivity contribution in [1.82, 2.24) is 15.6 Å². The number of aromatic nitrogens is 1. The van der Waals surface area contributed by atoms with Crippen molar-refractivity contribution in [2.75, 3.05) is 13.6 Å².